The smallest absolute Gasteiger partial charge is 0.224 e. The number of amides is 1. The van der Waals surface area contributed by atoms with Crippen molar-refractivity contribution < 1.29 is 4.79 Å². The molecule has 4 heteroatoms. The molecule has 1 N–H and O–H groups in total. The van der Waals surface area contributed by atoms with Crippen LogP contribution in [0.25, 0.3) is 0 Å². The third kappa shape index (κ3) is 1.76. The van der Waals surface area contributed by atoms with Gasteiger partial charge in [0.05, 0.1) is 11.7 Å². The molecule has 1 heterocycles. The molecule has 1 aromatic rings. The first-order valence-corrected chi connectivity index (χ1v) is 8.43. The molecule has 1 aromatic heterocycles. The fourth-order valence-electron chi connectivity index (χ4n) is 5.08. The number of nitrogens with zero attached hydrogens (tertiary/aromatic N) is 2. The van der Waals surface area contributed by atoms with Crippen molar-refractivity contribution in [3.05, 3.63) is 29.1 Å². The first-order valence-electron chi connectivity index (χ1n) is 8.43. The molecule has 1 spiro atoms. The van der Waals surface area contributed by atoms with Crippen molar-refractivity contribution in [1.82, 2.24) is 15.1 Å². The van der Waals surface area contributed by atoms with Crippen molar-refractivity contribution >= 4 is 5.91 Å². The second-order valence-corrected chi connectivity index (χ2v) is 7.53. The van der Waals surface area contributed by atoms with Crippen LogP contribution in [0.2, 0.25) is 0 Å². The first kappa shape index (κ1) is 14.0. The van der Waals surface area contributed by atoms with Crippen LogP contribution in [0.4, 0.5) is 0 Å². The maximum absolute atomic E-state index is 12.8. The minimum absolute atomic E-state index is 0.0273. The molecule has 118 valence electrons. The van der Waals surface area contributed by atoms with Crippen LogP contribution in [0.15, 0.2) is 12.2 Å². The topological polar surface area (TPSA) is 46.9 Å². The summed E-state index contributed by atoms with van der Waals surface area (Å²) >= 11 is 0. The molecule has 4 rings (SSSR count). The van der Waals surface area contributed by atoms with Crippen molar-refractivity contribution in [1.29, 1.82) is 0 Å². The van der Waals surface area contributed by atoms with Gasteiger partial charge < -0.3 is 5.32 Å². The average molecular weight is 299 g/mol. The average Bonchev–Trinajstić information content (AvgIpc) is 3.05. The monoisotopic (exact) mass is 299 g/mol. The van der Waals surface area contributed by atoms with Gasteiger partial charge in [-0.15, -0.1) is 0 Å². The molecule has 1 amide bonds. The summed E-state index contributed by atoms with van der Waals surface area (Å²) in [5, 5.41) is 7.72. The van der Waals surface area contributed by atoms with Crippen LogP contribution < -0.4 is 5.32 Å². The number of hydrogen-bond donors (Lipinski definition) is 1. The Bertz CT molecular complexity index is 668. The zero-order valence-corrected chi connectivity index (χ0v) is 13.9. The quantitative estimate of drug-likeness (QED) is 0.872. The Balaban J connectivity index is 1.50. The number of aryl methyl sites for hydroxylation is 2. The van der Waals surface area contributed by atoms with E-state index in [-0.39, 0.29) is 17.9 Å². The van der Waals surface area contributed by atoms with Crippen molar-refractivity contribution in [2.45, 2.75) is 46.1 Å². The number of hydrogen-bond acceptors (Lipinski definition) is 2. The summed E-state index contributed by atoms with van der Waals surface area (Å²) in [7, 11) is 1.96. The van der Waals surface area contributed by atoms with Crippen LogP contribution in [-0.4, -0.2) is 15.7 Å². The fourth-order valence-corrected chi connectivity index (χ4v) is 5.08. The van der Waals surface area contributed by atoms with E-state index in [4.69, 9.17) is 0 Å². The predicted octanol–water partition coefficient (Wildman–Crippen LogP) is 2.82. The normalized spacial score (nSPS) is 31.7. The molecule has 0 aliphatic heterocycles. The highest BCUT2D eigenvalue weighted by atomic mass is 16.2. The lowest BCUT2D eigenvalue weighted by Crippen LogP contribution is -2.35. The van der Waals surface area contributed by atoms with Gasteiger partial charge in [-0.1, -0.05) is 12.2 Å². The zero-order valence-electron chi connectivity index (χ0n) is 13.9. The van der Waals surface area contributed by atoms with Gasteiger partial charge in [0.15, 0.2) is 0 Å². The van der Waals surface area contributed by atoms with Crippen LogP contribution >= 0.6 is 0 Å². The molecule has 4 atom stereocenters. The lowest BCUT2D eigenvalue weighted by molar-refractivity contribution is -0.126. The molecule has 0 saturated heterocycles. The highest BCUT2D eigenvalue weighted by Crippen LogP contribution is 2.70. The van der Waals surface area contributed by atoms with E-state index in [0.717, 1.165) is 23.4 Å². The molecule has 2 saturated carbocycles. The Hall–Kier alpha value is -1.58. The Morgan fingerprint density at radius 2 is 2.14 bits per heavy atom. The Kier molecular flexibility index (Phi) is 2.85. The van der Waals surface area contributed by atoms with Gasteiger partial charge in [-0.25, -0.2) is 0 Å². The maximum Gasteiger partial charge on any atom is 0.224 e. The number of allylic oxidation sites excluding steroid dienone is 2. The summed E-state index contributed by atoms with van der Waals surface area (Å²) < 4.78 is 1.90. The number of carbonyl (C=O) groups is 1. The van der Waals surface area contributed by atoms with E-state index in [2.05, 4.69) is 36.4 Å². The van der Waals surface area contributed by atoms with Crippen LogP contribution in [0.1, 0.15) is 49.2 Å². The molecule has 22 heavy (non-hydrogen) atoms. The number of rotatable bonds is 3. The molecule has 3 aliphatic rings. The van der Waals surface area contributed by atoms with E-state index in [1.165, 1.54) is 12.8 Å². The molecule has 3 aliphatic carbocycles. The van der Waals surface area contributed by atoms with E-state index >= 15 is 0 Å². The van der Waals surface area contributed by atoms with Gasteiger partial charge in [-0.05, 0) is 57.3 Å². The van der Waals surface area contributed by atoms with Crippen molar-refractivity contribution in [3.63, 3.8) is 0 Å². The minimum atomic E-state index is 0.0273. The van der Waals surface area contributed by atoms with Gasteiger partial charge in [-0.2, -0.15) is 5.10 Å². The second-order valence-electron chi connectivity index (χ2n) is 7.53. The first-order chi connectivity index (χ1) is 10.4. The highest BCUT2D eigenvalue weighted by Gasteiger charge is 2.64. The van der Waals surface area contributed by atoms with Crippen LogP contribution in [0.5, 0.6) is 0 Å². The van der Waals surface area contributed by atoms with E-state index in [9.17, 15) is 4.79 Å². The van der Waals surface area contributed by atoms with Crippen molar-refractivity contribution in [2.24, 2.45) is 30.2 Å². The Morgan fingerprint density at radius 3 is 2.68 bits per heavy atom. The third-order valence-electron chi connectivity index (χ3n) is 6.42. The standard InChI is InChI=1S/C18H25N3O/c1-10(16-11(2)20-21(4)12(16)3)19-17(22)14-9-13-5-6-15(14)18(13)7-8-18/h5-6,10,13-15H,7-9H2,1-4H3,(H,19,22)/t10-,13-,14+,15-/m1/s1. The second kappa shape index (κ2) is 4.46. The van der Waals surface area contributed by atoms with Crippen LogP contribution in [-0.2, 0) is 11.8 Å². The van der Waals surface area contributed by atoms with Crippen molar-refractivity contribution in [2.75, 3.05) is 0 Å². The lowest BCUT2D eigenvalue weighted by atomic mass is 9.88. The number of nitrogens with one attached hydrogen (secondary N) is 1. The molecular formula is C18H25N3O. The highest BCUT2D eigenvalue weighted by molar-refractivity contribution is 5.81. The van der Waals surface area contributed by atoms with Gasteiger partial charge in [-0.3, -0.25) is 9.48 Å². The molecule has 0 aromatic carbocycles. The molecule has 2 fully saturated rings. The van der Waals surface area contributed by atoms with Gasteiger partial charge in [0.2, 0.25) is 5.91 Å². The third-order valence-corrected chi connectivity index (χ3v) is 6.42. The summed E-state index contributed by atoms with van der Waals surface area (Å²) in [5.74, 6) is 1.56. The van der Waals surface area contributed by atoms with Gasteiger partial charge >= 0.3 is 0 Å². The maximum atomic E-state index is 12.8. The molecular weight excluding hydrogens is 274 g/mol. The summed E-state index contributed by atoms with van der Waals surface area (Å²) in [5.41, 5.74) is 3.79. The lowest BCUT2D eigenvalue weighted by Gasteiger charge is -2.22. The van der Waals surface area contributed by atoms with Gasteiger partial charge in [0.25, 0.3) is 0 Å². The van der Waals surface area contributed by atoms with Crippen LogP contribution in [0, 0.1) is 37.0 Å². The fraction of sp³-hybridized carbons (Fsp3) is 0.667. The summed E-state index contributed by atoms with van der Waals surface area (Å²) in [6.45, 7) is 6.16. The zero-order chi connectivity index (χ0) is 15.6. The van der Waals surface area contributed by atoms with E-state index in [1.807, 2.05) is 18.7 Å². The molecule has 2 bridgehead atoms. The van der Waals surface area contributed by atoms with Crippen LogP contribution in [0.3, 0.4) is 0 Å². The predicted molar refractivity (Wildman–Crippen MR) is 85.1 cm³/mol. The van der Waals surface area contributed by atoms with Crippen molar-refractivity contribution in [3.8, 4) is 0 Å². The Labute approximate surface area is 132 Å². The Morgan fingerprint density at radius 1 is 1.41 bits per heavy atom. The van der Waals surface area contributed by atoms with E-state index < -0.39 is 0 Å². The summed E-state index contributed by atoms with van der Waals surface area (Å²) in [4.78, 5) is 12.8. The van der Waals surface area contributed by atoms with Gasteiger partial charge in [0.1, 0.15) is 0 Å². The van der Waals surface area contributed by atoms with Gasteiger partial charge in [0, 0.05) is 24.2 Å². The SMILES string of the molecule is Cc1nn(C)c(C)c1[C@@H](C)NC(=O)[C@H]1C[C@H]2C=C[C@H]1C21CC1. The van der Waals surface area contributed by atoms with E-state index in [1.54, 1.807) is 0 Å². The minimum Gasteiger partial charge on any atom is -0.349 e. The molecule has 4 nitrogen and oxygen atoms in total. The summed E-state index contributed by atoms with van der Waals surface area (Å²) in [6, 6.07) is 0.0273. The van der Waals surface area contributed by atoms with E-state index in [0.29, 0.717) is 17.3 Å². The largest absolute Gasteiger partial charge is 0.349 e. The molecule has 0 unspecified atom stereocenters. The summed E-state index contributed by atoms with van der Waals surface area (Å²) in [6.07, 6.45) is 8.35. The number of aromatic nitrogens is 2. The number of carbonyl (C=O) groups excluding carboxylic acids is 1. The molecule has 0 radical (unpaired) electrons.